The normalized spacial score (nSPS) is 9.94. The molecule has 0 radical (unpaired) electrons. The Morgan fingerprint density at radius 2 is 1.50 bits per heavy atom. The zero-order valence-corrected chi connectivity index (χ0v) is 11.2. The van der Waals surface area contributed by atoms with Crippen molar-refractivity contribution in [3.63, 3.8) is 0 Å². The standard InChI is InChI=1S/C10H14.C5H10O/c1-9(2)8-10-6-4-3-5-7-10;1-4(2)5(3)6/h3-7,9H,8H2,1-2H3;4H,1-3H3. The average molecular weight is 220 g/mol. The summed E-state index contributed by atoms with van der Waals surface area (Å²) < 4.78 is 0. The van der Waals surface area contributed by atoms with Crippen molar-refractivity contribution in [3.8, 4) is 0 Å². The maximum atomic E-state index is 10.1. The van der Waals surface area contributed by atoms with Crippen molar-refractivity contribution >= 4 is 5.78 Å². The number of ketones is 1. The Hall–Kier alpha value is -1.11. The van der Waals surface area contributed by atoms with E-state index in [1.165, 1.54) is 12.0 Å². The number of carbonyl (C=O) groups is 1. The Balaban J connectivity index is 0.000000325. The Kier molecular flexibility index (Phi) is 7.53. The number of carbonyl (C=O) groups excluding carboxylic acids is 1. The first kappa shape index (κ1) is 14.9. The second-order valence-electron chi connectivity index (χ2n) is 4.85. The van der Waals surface area contributed by atoms with Gasteiger partial charge in [-0.15, -0.1) is 0 Å². The lowest BCUT2D eigenvalue weighted by atomic mass is 10.0. The minimum Gasteiger partial charge on any atom is -0.300 e. The molecule has 1 aromatic carbocycles. The van der Waals surface area contributed by atoms with E-state index in [9.17, 15) is 4.79 Å². The molecule has 1 rings (SSSR count). The molecule has 0 aliphatic rings. The predicted molar refractivity (Wildman–Crippen MR) is 70.5 cm³/mol. The number of hydrogen-bond donors (Lipinski definition) is 0. The highest BCUT2D eigenvalue weighted by molar-refractivity contribution is 5.77. The first-order valence-electron chi connectivity index (χ1n) is 5.97. The Morgan fingerprint density at radius 3 is 1.81 bits per heavy atom. The van der Waals surface area contributed by atoms with Gasteiger partial charge in [-0.1, -0.05) is 58.0 Å². The summed E-state index contributed by atoms with van der Waals surface area (Å²) in [5, 5.41) is 0. The molecule has 0 unspecified atom stereocenters. The van der Waals surface area contributed by atoms with Gasteiger partial charge in [0.1, 0.15) is 5.78 Å². The van der Waals surface area contributed by atoms with Gasteiger partial charge in [-0.3, -0.25) is 4.79 Å². The van der Waals surface area contributed by atoms with E-state index in [-0.39, 0.29) is 11.7 Å². The first-order chi connectivity index (χ1) is 7.43. The first-order valence-corrected chi connectivity index (χ1v) is 5.97. The molecule has 0 heterocycles. The summed E-state index contributed by atoms with van der Waals surface area (Å²) in [6, 6.07) is 10.6. The molecule has 0 atom stereocenters. The smallest absolute Gasteiger partial charge is 0.132 e. The SMILES string of the molecule is CC(=O)C(C)C.CC(C)Cc1ccccc1. The Labute approximate surface area is 99.9 Å². The van der Waals surface area contributed by atoms with Crippen molar-refractivity contribution in [3.05, 3.63) is 35.9 Å². The zero-order chi connectivity index (χ0) is 12.6. The highest BCUT2D eigenvalue weighted by Crippen LogP contribution is 2.05. The number of hydrogen-bond acceptors (Lipinski definition) is 1. The molecule has 0 aliphatic heterocycles. The van der Waals surface area contributed by atoms with E-state index in [1.54, 1.807) is 6.92 Å². The zero-order valence-electron chi connectivity index (χ0n) is 11.2. The highest BCUT2D eigenvalue weighted by atomic mass is 16.1. The molecule has 1 heteroatoms. The van der Waals surface area contributed by atoms with Crippen LogP contribution < -0.4 is 0 Å². The molecular weight excluding hydrogens is 196 g/mol. The summed E-state index contributed by atoms with van der Waals surface area (Å²) in [5.41, 5.74) is 1.44. The third kappa shape index (κ3) is 8.22. The number of rotatable bonds is 3. The van der Waals surface area contributed by atoms with Crippen molar-refractivity contribution < 1.29 is 4.79 Å². The van der Waals surface area contributed by atoms with Crippen LogP contribution in [0.3, 0.4) is 0 Å². The van der Waals surface area contributed by atoms with Crippen molar-refractivity contribution in [2.75, 3.05) is 0 Å². The fourth-order valence-corrected chi connectivity index (χ4v) is 1.09. The van der Waals surface area contributed by atoms with Gasteiger partial charge in [0.05, 0.1) is 0 Å². The lowest BCUT2D eigenvalue weighted by Crippen LogP contribution is -1.98. The molecule has 0 fully saturated rings. The van der Waals surface area contributed by atoms with Crippen LogP contribution in [0.1, 0.15) is 40.2 Å². The summed E-state index contributed by atoms with van der Waals surface area (Å²) in [5.74, 6) is 1.24. The van der Waals surface area contributed by atoms with Gasteiger partial charge in [0.15, 0.2) is 0 Å². The van der Waals surface area contributed by atoms with Gasteiger partial charge in [0.2, 0.25) is 0 Å². The van der Waals surface area contributed by atoms with Crippen molar-refractivity contribution in [1.82, 2.24) is 0 Å². The lowest BCUT2D eigenvalue weighted by molar-refractivity contribution is -0.119. The van der Waals surface area contributed by atoms with E-state index >= 15 is 0 Å². The highest BCUT2D eigenvalue weighted by Gasteiger charge is 1.95. The van der Waals surface area contributed by atoms with Crippen LogP contribution in [0.4, 0.5) is 0 Å². The molecule has 1 nitrogen and oxygen atoms in total. The second kappa shape index (κ2) is 8.09. The quantitative estimate of drug-likeness (QED) is 0.749. The van der Waals surface area contributed by atoms with E-state index in [0.29, 0.717) is 0 Å². The largest absolute Gasteiger partial charge is 0.300 e. The average Bonchev–Trinajstić information content (AvgIpc) is 2.19. The molecule has 0 spiro atoms. The second-order valence-corrected chi connectivity index (χ2v) is 4.85. The van der Waals surface area contributed by atoms with Gasteiger partial charge >= 0.3 is 0 Å². The third-order valence-corrected chi connectivity index (χ3v) is 2.30. The molecule has 0 N–H and O–H groups in total. The molecule has 0 aliphatic carbocycles. The fraction of sp³-hybridized carbons (Fsp3) is 0.533. The van der Waals surface area contributed by atoms with Gasteiger partial charge in [-0.25, -0.2) is 0 Å². The van der Waals surface area contributed by atoms with Crippen LogP contribution in [-0.4, -0.2) is 5.78 Å². The summed E-state index contributed by atoms with van der Waals surface area (Å²) >= 11 is 0. The fourth-order valence-electron chi connectivity index (χ4n) is 1.09. The Bertz CT molecular complexity index is 286. The Morgan fingerprint density at radius 1 is 1.06 bits per heavy atom. The van der Waals surface area contributed by atoms with E-state index in [0.717, 1.165) is 5.92 Å². The maximum Gasteiger partial charge on any atom is 0.132 e. The lowest BCUT2D eigenvalue weighted by Gasteiger charge is -2.02. The molecular formula is C15H24O. The van der Waals surface area contributed by atoms with E-state index in [2.05, 4.69) is 44.2 Å². The molecule has 0 saturated carbocycles. The molecule has 90 valence electrons. The van der Waals surface area contributed by atoms with Gasteiger partial charge in [-0.2, -0.15) is 0 Å². The molecule has 16 heavy (non-hydrogen) atoms. The molecule has 0 bridgehead atoms. The van der Waals surface area contributed by atoms with Crippen LogP contribution in [0.15, 0.2) is 30.3 Å². The van der Waals surface area contributed by atoms with Crippen LogP contribution >= 0.6 is 0 Å². The van der Waals surface area contributed by atoms with Crippen LogP contribution in [-0.2, 0) is 11.2 Å². The maximum absolute atomic E-state index is 10.1. The van der Waals surface area contributed by atoms with Crippen molar-refractivity contribution in [2.24, 2.45) is 11.8 Å². The topological polar surface area (TPSA) is 17.1 Å². The van der Waals surface area contributed by atoms with E-state index < -0.39 is 0 Å². The third-order valence-electron chi connectivity index (χ3n) is 2.30. The number of Topliss-reactive ketones (excluding diaryl/α,β-unsaturated/α-hetero) is 1. The molecule has 1 aromatic rings. The monoisotopic (exact) mass is 220 g/mol. The van der Waals surface area contributed by atoms with Crippen molar-refractivity contribution in [1.29, 1.82) is 0 Å². The molecule has 0 amide bonds. The van der Waals surface area contributed by atoms with E-state index in [4.69, 9.17) is 0 Å². The van der Waals surface area contributed by atoms with Gasteiger partial charge in [0, 0.05) is 5.92 Å². The van der Waals surface area contributed by atoms with Gasteiger partial charge in [0.25, 0.3) is 0 Å². The van der Waals surface area contributed by atoms with Crippen molar-refractivity contribution in [2.45, 2.75) is 41.0 Å². The summed E-state index contributed by atoms with van der Waals surface area (Å²) in [7, 11) is 0. The summed E-state index contributed by atoms with van der Waals surface area (Å²) in [6.07, 6.45) is 1.20. The summed E-state index contributed by atoms with van der Waals surface area (Å²) in [4.78, 5) is 10.1. The summed E-state index contributed by atoms with van der Waals surface area (Å²) in [6.45, 7) is 9.87. The van der Waals surface area contributed by atoms with E-state index in [1.807, 2.05) is 13.8 Å². The van der Waals surface area contributed by atoms with Crippen LogP contribution in [0.2, 0.25) is 0 Å². The van der Waals surface area contributed by atoms with Crippen LogP contribution in [0.5, 0.6) is 0 Å². The van der Waals surface area contributed by atoms with Crippen LogP contribution in [0, 0.1) is 11.8 Å². The molecule has 0 aromatic heterocycles. The minimum absolute atomic E-state index is 0.213. The number of benzene rings is 1. The van der Waals surface area contributed by atoms with Gasteiger partial charge < -0.3 is 0 Å². The predicted octanol–water partition coefficient (Wildman–Crippen LogP) is 4.12. The van der Waals surface area contributed by atoms with Crippen LogP contribution in [0.25, 0.3) is 0 Å². The van der Waals surface area contributed by atoms with Gasteiger partial charge in [-0.05, 0) is 24.8 Å². The minimum atomic E-state index is 0.213. The molecule has 0 saturated heterocycles.